The number of rotatable bonds is 3. The van der Waals surface area contributed by atoms with Gasteiger partial charge in [-0.05, 0) is 36.8 Å². The first-order chi connectivity index (χ1) is 10.1. The molecule has 0 aliphatic heterocycles. The number of carbonyl (C=O) groups is 1. The molecule has 1 aromatic rings. The van der Waals surface area contributed by atoms with Crippen molar-refractivity contribution in [2.75, 3.05) is 5.32 Å². The van der Waals surface area contributed by atoms with Crippen LogP contribution in [0.15, 0.2) is 23.4 Å². The predicted molar refractivity (Wildman–Crippen MR) is 76.5 cm³/mol. The van der Waals surface area contributed by atoms with E-state index in [1.54, 1.807) is 6.07 Å². The van der Waals surface area contributed by atoms with Crippen molar-refractivity contribution in [2.45, 2.75) is 25.7 Å². The van der Waals surface area contributed by atoms with E-state index < -0.39 is 5.82 Å². The number of nitrogens with one attached hydrogen (secondary N) is 1. The van der Waals surface area contributed by atoms with E-state index in [2.05, 4.69) is 10.5 Å². The monoisotopic (exact) mass is 291 g/mol. The van der Waals surface area contributed by atoms with Crippen LogP contribution in [0.1, 0.15) is 31.2 Å². The standard InChI is InChI=1S/C15H18FN3O2/c16-10-6-3-7-11(13(10)14(17)19-21)18-15(20)12-8-4-1-2-5-9(8)12/h3,6-9,12,21H,1-2,4-5H2,(H2,17,19)(H,18,20). The van der Waals surface area contributed by atoms with E-state index in [1.165, 1.54) is 25.0 Å². The van der Waals surface area contributed by atoms with E-state index in [0.29, 0.717) is 11.8 Å². The lowest BCUT2D eigenvalue weighted by Crippen LogP contribution is -2.22. The number of nitrogens with zero attached hydrogens (tertiary/aromatic N) is 1. The van der Waals surface area contributed by atoms with Gasteiger partial charge in [-0.1, -0.05) is 24.1 Å². The second-order valence-electron chi connectivity index (χ2n) is 5.77. The van der Waals surface area contributed by atoms with Gasteiger partial charge in [0.1, 0.15) is 5.82 Å². The minimum Gasteiger partial charge on any atom is -0.409 e. The maximum Gasteiger partial charge on any atom is 0.228 e. The van der Waals surface area contributed by atoms with Crippen molar-refractivity contribution in [2.24, 2.45) is 28.6 Å². The van der Waals surface area contributed by atoms with Crippen LogP contribution < -0.4 is 11.1 Å². The van der Waals surface area contributed by atoms with Crippen LogP contribution in [0.4, 0.5) is 10.1 Å². The molecule has 0 radical (unpaired) electrons. The number of amidine groups is 1. The summed E-state index contributed by atoms with van der Waals surface area (Å²) in [7, 11) is 0. The van der Waals surface area contributed by atoms with E-state index in [4.69, 9.17) is 10.9 Å². The number of hydrogen-bond donors (Lipinski definition) is 3. The number of nitrogens with two attached hydrogens (primary N) is 1. The van der Waals surface area contributed by atoms with Crippen LogP contribution in [0, 0.1) is 23.6 Å². The Labute approximate surface area is 122 Å². The molecule has 6 heteroatoms. The summed E-state index contributed by atoms with van der Waals surface area (Å²) in [6.45, 7) is 0. The zero-order valence-electron chi connectivity index (χ0n) is 11.6. The lowest BCUT2D eigenvalue weighted by Gasteiger charge is -2.11. The molecule has 0 aromatic heterocycles. The molecule has 0 heterocycles. The van der Waals surface area contributed by atoms with Gasteiger partial charge in [0.15, 0.2) is 5.84 Å². The SMILES string of the molecule is N/C(=N/O)c1c(F)cccc1NC(=O)C1C2CCCCC21. The lowest BCUT2D eigenvalue weighted by atomic mass is 10.0. The first kappa shape index (κ1) is 13.9. The Morgan fingerprint density at radius 2 is 2.00 bits per heavy atom. The molecule has 1 aromatic carbocycles. The van der Waals surface area contributed by atoms with Gasteiger partial charge in [0, 0.05) is 5.92 Å². The zero-order chi connectivity index (χ0) is 15.0. The highest BCUT2D eigenvalue weighted by molar-refractivity contribution is 6.06. The van der Waals surface area contributed by atoms with Gasteiger partial charge in [-0.25, -0.2) is 4.39 Å². The lowest BCUT2D eigenvalue weighted by molar-refractivity contribution is -0.117. The van der Waals surface area contributed by atoms with Crippen molar-refractivity contribution < 1.29 is 14.4 Å². The Kier molecular flexibility index (Phi) is 3.53. The second-order valence-corrected chi connectivity index (χ2v) is 5.77. The van der Waals surface area contributed by atoms with E-state index in [1.807, 2.05) is 0 Å². The molecule has 4 N–H and O–H groups in total. The van der Waals surface area contributed by atoms with Gasteiger partial charge in [0.05, 0.1) is 11.3 Å². The van der Waals surface area contributed by atoms with Crippen LogP contribution in [0.5, 0.6) is 0 Å². The molecule has 3 rings (SSSR count). The third kappa shape index (κ3) is 2.46. The van der Waals surface area contributed by atoms with Gasteiger partial charge in [0.2, 0.25) is 5.91 Å². The molecule has 1 amide bonds. The van der Waals surface area contributed by atoms with Crippen LogP contribution in [0.3, 0.4) is 0 Å². The number of halogens is 1. The molecular formula is C15H18FN3O2. The average molecular weight is 291 g/mol. The summed E-state index contributed by atoms with van der Waals surface area (Å²) < 4.78 is 13.8. The number of benzene rings is 1. The van der Waals surface area contributed by atoms with Crippen molar-refractivity contribution in [1.29, 1.82) is 0 Å². The van der Waals surface area contributed by atoms with Gasteiger partial charge in [-0.2, -0.15) is 0 Å². The van der Waals surface area contributed by atoms with E-state index in [0.717, 1.165) is 12.8 Å². The Morgan fingerprint density at radius 1 is 1.33 bits per heavy atom. The molecule has 2 fully saturated rings. The molecule has 2 atom stereocenters. The Morgan fingerprint density at radius 3 is 2.62 bits per heavy atom. The first-order valence-electron chi connectivity index (χ1n) is 7.20. The number of anilines is 1. The molecule has 0 saturated heterocycles. The third-order valence-corrected chi connectivity index (χ3v) is 4.59. The molecule has 0 bridgehead atoms. The van der Waals surface area contributed by atoms with Crippen LogP contribution in [0.25, 0.3) is 0 Å². The van der Waals surface area contributed by atoms with Crippen molar-refractivity contribution in [1.82, 2.24) is 0 Å². The third-order valence-electron chi connectivity index (χ3n) is 4.59. The highest BCUT2D eigenvalue weighted by Crippen LogP contribution is 2.55. The number of carbonyl (C=O) groups excluding carboxylic acids is 1. The predicted octanol–water partition coefficient (Wildman–Crippen LogP) is 2.29. The first-order valence-corrected chi connectivity index (χ1v) is 7.20. The Balaban J connectivity index is 1.79. The molecule has 2 unspecified atom stereocenters. The fourth-order valence-electron chi connectivity index (χ4n) is 3.54. The summed E-state index contributed by atoms with van der Waals surface area (Å²) in [6, 6.07) is 4.25. The second kappa shape index (κ2) is 5.35. The number of hydrogen-bond acceptors (Lipinski definition) is 3. The van der Waals surface area contributed by atoms with Crippen molar-refractivity contribution in [3.63, 3.8) is 0 Å². The molecule has 0 spiro atoms. The van der Waals surface area contributed by atoms with Crippen LogP contribution in [0.2, 0.25) is 0 Å². The zero-order valence-corrected chi connectivity index (χ0v) is 11.6. The molecule has 2 saturated carbocycles. The van der Waals surface area contributed by atoms with Gasteiger partial charge < -0.3 is 16.3 Å². The maximum absolute atomic E-state index is 13.8. The van der Waals surface area contributed by atoms with Crippen molar-refractivity contribution in [3.8, 4) is 0 Å². The minimum absolute atomic E-state index is 0.0240. The molecule has 5 nitrogen and oxygen atoms in total. The van der Waals surface area contributed by atoms with Gasteiger partial charge in [0.25, 0.3) is 0 Å². The topological polar surface area (TPSA) is 87.7 Å². The fourth-order valence-corrected chi connectivity index (χ4v) is 3.54. The normalized spacial score (nSPS) is 27.9. The highest BCUT2D eigenvalue weighted by atomic mass is 19.1. The molecule has 2 aliphatic carbocycles. The summed E-state index contributed by atoms with van der Waals surface area (Å²) >= 11 is 0. The largest absolute Gasteiger partial charge is 0.409 e. The van der Waals surface area contributed by atoms with Crippen molar-refractivity contribution in [3.05, 3.63) is 29.6 Å². The van der Waals surface area contributed by atoms with Crippen LogP contribution in [-0.2, 0) is 4.79 Å². The molecule has 21 heavy (non-hydrogen) atoms. The summed E-state index contributed by atoms with van der Waals surface area (Å²) in [4.78, 5) is 12.3. The number of fused-ring (bicyclic) bond motifs is 1. The van der Waals surface area contributed by atoms with E-state index in [-0.39, 0.29) is 28.9 Å². The Bertz CT molecular complexity index is 591. The summed E-state index contributed by atoms with van der Waals surface area (Å²) in [5.74, 6) is -0.104. The van der Waals surface area contributed by atoms with E-state index in [9.17, 15) is 9.18 Å². The molecule has 2 aliphatic rings. The van der Waals surface area contributed by atoms with Crippen molar-refractivity contribution >= 4 is 17.4 Å². The summed E-state index contributed by atoms with van der Waals surface area (Å²) in [5.41, 5.74) is 5.67. The Hall–Kier alpha value is -2.11. The molecule has 112 valence electrons. The van der Waals surface area contributed by atoms with Crippen LogP contribution in [-0.4, -0.2) is 17.0 Å². The molecular weight excluding hydrogens is 273 g/mol. The van der Waals surface area contributed by atoms with Crippen LogP contribution >= 0.6 is 0 Å². The number of oxime groups is 1. The average Bonchev–Trinajstić information content (AvgIpc) is 3.21. The van der Waals surface area contributed by atoms with Gasteiger partial charge in [-0.3, -0.25) is 4.79 Å². The minimum atomic E-state index is -0.628. The smallest absolute Gasteiger partial charge is 0.228 e. The number of amides is 1. The maximum atomic E-state index is 13.8. The van der Waals surface area contributed by atoms with E-state index >= 15 is 0 Å². The van der Waals surface area contributed by atoms with Gasteiger partial charge in [-0.15, -0.1) is 0 Å². The quantitative estimate of drug-likeness (QED) is 0.345. The summed E-state index contributed by atoms with van der Waals surface area (Å²) in [5, 5.41) is 14.3. The fraction of sp³-hybridized carbons (Fsp3) is 0.467. The highest BCUT2D eigenvalue weighted by Gasteiger charge is 2.54. The summed E-state index contributed by atoms with van der Waals surface area (Å²) in [6.07, 6.45) is 4.55. The van der Waals surface area contributed by atoms with Gasteiger partial charge >= 0.3 is 0 Å².